The zero-order valence-corrected chi connectivity index (χ0v) is 16.2. The summed E-state index contributed by atoms with van der Waals surface area (Å²) >= 11 is 0. The van der Waals surface area contributed by atoms with Crippen LogP contribution in [0.3, 0.4) is 0 Å². The summed E-state index contributed by atoms with van der Waals surface area (Å²) in [5, 5.41) is 9.12. The van der Waals surface area contributed by atoms with Crippen LogP contribution in [0.15, 0.2) is 18.0 Å². The number of carbonyl (C=O) groups is 1. The number of hydrogen-bond acceptors (Lipinski definition) is 2. The lowest BCUT2D eigenvalue weighted by atomic mass is 9.74. The fraction of sp³-hybridized carbons (Fsp3) is 0.571. The maximum absolute atomic E-state index is 14.3. The van der Waals surface area contributed by atoms with Gasteiger partial charge < -0.3 is 10.0 Å². The Morgan fingerprint density at radius 3 is 2.52 bits per heavy atom. The predicted octanol–water partition coefficient (Wildman–Crippen LogP) is 5.49. The molecular weight excluding hydrogens is 317 g/mol. The van der Waals surface area contributed by atoms with Crippen LogP contribution in [-0.2, 0) is 10.2 Å². The molecule has 3 nitrogen and oxygen atoms in total. The molecule has 0 amide bonds. The summed E-state index contributed by atoms with van der Waals surface area (Å²) in [5.74, 6) is -2.27. The molecule has 1 heterocycles. The lowest BCUT2D eigenvalue weighted by Crippen LogP contribution is -2.38. The number of fused-ring (bicyclic) bond motifs is 1. The molecule has 4 heteroatoms. The number of allylic oxidation sites excluding steroid dienone is 1. The van der Waals surface area contributed by atoms with Gasteiger partial charge in [0.2, 0.25) is 5.83 Å². The fourth-order valence-corrected chi connectivity index (χ4v) is 3.57. The minimum Gasteiger partial charge on any atom is -0.476 e. The molecule has 0 fully saturated rings. The second-order valence-corrected chi connectivity index (χ2v) is 7.98. The van der Waals surface area contributed by atoms with Gasteiger partial charge in [-0.3, -0.25) is 0 Å². The Hall–Kier alpha value is -1.84. The first-order valence-corrected chi connectivity index (χ1v) is 9.13. The van der Waals surface area contributed by atoms with Gasteiger partial charge >= 0.3 is 5.97 Å². The van der Waals surface area contributed by atoms with Crippen LogP contribution in [0.4, 0.5) is 10.1 Å². The number of nitrogens with zero attached hydrogens (tertiary/aromatic N) is 1. The van der Waals surface area contributed by atoms with Crippen molar-refractivity contribution in [2.45, 2.75) is 65.7 Å². The molecule has 0 spiro atoms. The number of carboxylic acid groups (broad SMARTS) is 1. The monoisotopic (exact) mass is 347 g/mol. The quantitative estimate of drug-likeness (QED) is 0.716. The number of carboxylic acids is 1. The molecule has 1 aliphatic heterocycles. The molecule has 0 bridgehead atoms. The Kier molecular flexibility index (Phi) is 5.60. The van der Waals surface area contributed by atoms with Crippen molar-refractivity contribution in [1.29, 1.82) is 0 Å². The van der Waals surface area contributed by atoms with Crippen LogP contribution in [0.5, 0.6) is 0 Å². The minimum absolute atomic E-state index is 0.0147. The van der Waals surface area contributed by atoms with Gasteiger partial charge in [0.05, 0.1) is 0 Å². The van der Waals surface area contributed by atoms with Crippen LogP contribution in [0, 0.1) is 0 Å². The molecule has 0 atom stereocenters. The van der Waals surface area contributed by atoms with Crippen molar-refractivity contribution in [1.82, 2.24) is 0 Å². The van der Waals surface area contributed by atoms with E-state index in [0.29, 0.717) is 5.92 Å². The van der Waals surface area contributed by atoms with Crippen molar-refractivity contribution in [3.63, 3.8) is 0 Å². The van der Waals surface area contributed by atoms with Gasteiger partial charge in [-0.25, -0.2) is 4.79 Å². The highest BCUT2D eigenvalue weighted by Crippen LogP contribution is 2.45. The smallest absolute Gasteiger partial charge is 0.365 e. The SMILES string of the molecule is CCCN1CCC(C)(C)c2cc(C(C)C)cc(/C(C)=C(/F)C(=O)O)c21. The van der Waals surface area contributed by atoms with Crippen LogP contribution in [-0.4, -0.2) is 24.2 Å². The highest BCUT2D eigenvalue weighted by molar-refractivity contribution is 5.96. The minimum atomic E-state index is -1.50. The number of anilines is 1. The Labute approximate surface area is 150 Å². The van der Waals surface area contributed by atoms with Crippen LogP contribution in [0.25, 0.3) is 5.57 Å². The van der Waals surface area contributed by atoms with E-state index in [1.54, 1.807) is 6.92 Å². The summed E-state index contributed by atoms with van der Waals surface area (Å²) in [6.07, 6.45) is 2.03. The van der Waals surface area contributed by atoms with Gasteiger partial charge in [0.15, 0.2) is 0 Å². The maximum atomic E-state index is 14.3. The van der Waals surface area contributed by atoms with E-state index in [1.165, 1.54) is 5.56 Å². The van der Waals surface area contributed by atoms with Crippen LogP contribution < -0.4 is 4.90 Å². The molecule has 0 aromatic heterocycles. The molecule has 138 valence electrons. The van der Waals surface area contributed by atoms with Gasteiger partial charge in [-0.1, -0.05) is 40.7 Å². The van der Waals surface area contributed by atoms with Crippen LogP contribution in [0.2, 0.25) is 0 Å². The number of aliphatic carboxylic acids is 1. The first-order chi connectivity index (χ1) is 11.6. The fourth-order valence-electron chi connectivity index (χ4n) is 3.57. The molecule has 0 saturated heterocycles. The number of hydrogen-bond donors (Lipinski definition) is 1. The molecule has 0 aliphatic carbocycles. The maximum Gasteiger partial charge on any atom is 0.365 e. The number of rotatable bonds is 5. The van der Waals surface area contributed by atoms with Crippen LogP contribution >= 0.6 is 0 Å². The van der Waals surface area contributed by atoms with Crippen molar-refractivity contribution >= 4 is 17.2 Å². The Morgan fingerprint density at radius 2 is 2.00 bits per heavy atom. The molecule has 2 rings (SSSR count). The Morgan fingerprint density at radius 1 is 1.36 bits per heavy atom. The van der Waals surface area contributed by atoms with Crippen molar-refractivity contribution in [2.24, 2.45) is 0 Å². The lowest BCUT2D eigenvalue weighted by molar-refractivity contribution is -0.134. The van der Waals surface area contributed by atoms with Crippen molar-refractivity contribution in [3.05, 3.63) is 34.6 Å². The summed E-state index contributed by atoms with van der Waals surface area (Å²) in [5.41, 5.74) is 4.26. The van der Waals surface area contributed by atoms with E-state index in [4.69, 9.17) is 5.11 Å². The summed E-state index contributed by atoms with van der Waals surface area (Å²) < 4.78 is 14.3. The first kappa shape index (κ1) is 19.5. The molecule has 0 radical (unpaired) electrons. The largest absolute Gasteiger partial charge is 0.476 e. The third-order valence-corrected chi connectivity index (χ3v) is 5.27. The second kappa shape index (κ2) is 7.19. The van der Waals surface area contributed by atoms with Gasteiger partial charge in [-0.05, 0) is 48.3 Å². The molecule has 25 heavy (non-hydrogen) atoms. The molecule has 1 aromatic rings. The molecule has 0 unspecified atom stereocenters. The summed E-state index contributed by atoms with van der Waals surface area (Å²) in [6.45, 7) is 14.2. The summed E-state index contributed by atoms with van der Waals surface area (Å²) in [4.78, 5) is 13.5. The first-order valence-electron chi connectivity index (χ1n) is 9.13. The zero-order valence-electron chi connectivity index (χ0n) is 16.2. The molecule has 1 aromatic carbocycles. The van der Waals surface area contributed by atoms with Crippen LogP contribution in [0.1, 0.15) is 77.0 Å². The second-order valence-electron chi connectivity index (χ2n) is 7.98. The predicted molar refractivity (Wildman–Crippen MR) is 102 cm³/mol. The van der Waals surface area contributed by atoms with E-state index in [-0.39, 0.29) is 11.0 Å². The van der Waals surface area contributed by atoms with Gasteiger partial charge in [0.25, 0.3) is 0 Å². The average Bonchev–Trinajstić information content (AvgIpc) is 2.55. The summed E-state index contributed by atoms with van der Waals surface area (Å²) in [6, 6.07) is 4.21. The standard InChI is InChI=1S/C21H30FNO2/c1-7-9-23-10-8-21(5,6)17-12-15(13(2)3)11-16(19(17)23)14(4)18(22)20(24)25/h11-13H,7-10H2,1-6H3,(H,24,25)/b18-14+. The Balaban J connectivity index is 2.83. The van der Waals surface area contributed by atoms with Gasteiger partial charge in [-0.15, -0.1) is 0 Å². The molecular formula is C21H30FNO2. The molecule has 1 N–H and O–H groups in total. The molecule has 0 saturated carbocycles. The summed E-state index contributed by atoms with van der Waals surface area (Å²) in [7, 11) is 0. The highest BCUT2D eigenvalue weighted by Gasteiger charge is 2.34. The third kappa shape index (κ3) is 3.73. The average molecular weight is 347 g/mol. The number of benzene rings is 1. The van der Waals surface area contributed by atoms with Crippen molar-refractivity contribution < 1.29 is 14.3 Å². The van der Waals surface area contributed by atoms with Gasteiger partial charge in [-0.2, -0.15) is 4.39 Å². The van der Waals surface area contributed by atoms with Gasteiger partial charge in [0, 0.05) is 29.9 Å². The Bertz CT molecular complexity index is 704. The van der Waals surface area contributed by atoms with E-state index in [1.807, 2.05) is 6.07 Å². The normalized spacial score (nSPS) is 17.4. The van der Waals surface area contributed by atoms with E-state index in [2.05, 4.69) is 45.6 Å². The van der Waals surface area contributed by atoms with E-state index in [0.717, 1.165) is 42.7 Å². The van der Waals surface area contributed by atoms with Crippen molar-refractivity contribution in [2.75, 3.05) is 18.0 Å². The van der Waals surface area contributed by atoms with E-state index >= 15 is 0 Å². The van der Waals surface area contributed by atoms with Gasteiger partial charge in [0.1, 0.15) is 0 Å². The highest BCUT2D eigenvalue weighted by atomic mass is 19.1. The lowest BCUT2D eigenvalue weighted by Gasteiger charge is -2.42. The van der Waals surface area contributed by atoms with E-state index in [9.17, 15) is 9.18 Å². The zero-order chi connectivity index (χ0) is 18.9. The van der Waals surface area contributed by atoms with E-state index < -0.39 is 11.8 Å². The topological polar surface area (TPSA) is 40.5 Å². The third-order valence-electron chi connectivity index (χ3n) is 5.27. The number of halogens is 1. The van der Waals surface area contributed by atoms with Crippen molar-refractivity contribution in [3.8, 4) is 0 Å². The molecule has 1 aliphatic rings.